The summed E-state index contributed by atoms with van der Waals surface area (Å²) in [6.45, 7) is 3.55. The molecule has 7 nitrogen and oxygen atoms in total. The first-order valence-electron chi connectivity index (χ1n) is 15.0. The van der Waals surface area contributed by atoms with Crippen molar-refractivity contribution in [2.24, 2.45) is 5.41 Å². The number of fused-ring (bicyclic) bond motifs is 1. The molecule has 0 amide bonds. The van der Waals surface area contributed by atoms with Gasteiger partial charge in [0.15, 0.2) is 5.13 Å². The van der Waals surface area contributed by atoms with Gasteiger partial charge in [-0.25, -0.2) is 9.78 Å². The van der Waals surface area contributed by atoms with Crippen molar-refractivity contribution in [2.75, 3.05) is 11.5 Å². The molecule has 4 aliphatic rings. The summed E-state index contributed by atoms with van der Waals surface area (Å²) < 4.78 is 13.3. The van der Waals surface area contributed by atoms with Crippen molar-refractivity contribution in [3.05, 3.63) is 40.8 Å². The summed E-state index contributed by atoms with van der Waals surface area (Å²) in [5.41, 5.74) is 4.32. The molecule has 4 fully saturated rings. The fourth-order valence-electron chi connectivity index (χ4n) is 7.15. The topological polar surface area (TPSA) is 88.7 Å². The molecule has 0 bridgehead atoms. The molecule has 1 spiro atoms. The number of ether oxygens (including phenoxy) is 1. The number of carbonyl (C=O) groups is 1. The van der Waals surface area contributed by atoms with E-state index in [0.717, 1.165) is 46.8 Å². The third-order valence-electron chi connectivity index (χ3n) is 9.97. The molecular weight excluding hydrogens is 510 g/mol. The van der Waals surface area contributed by atoms with Gasteiger partial charge in [-0.15, -0.1) is 0 Å². The van der Waals surface area contributed by atoms with Gasteiger partial charge >= 0.3 is 5.97 Å². The lowest BCUT2D eigenvalue weighted by atomic mass is 9.77. The molecule has 208 valence electrons. The second-order valence-electron chi connectivity index (χ2n) is 12.5. The van der Waals surface area contributed by atoms with Gasteiger partial charge < -0.3 is 19.3 Å². The molecule has 39 heavy (non-hydrogen) atoms. The molecule has 1 aliphatic heterocycles. The number of carboxylic acid groups (broad SMARTS) is 1. The van der Waals surface area contributed by atoms with E-state index in [4.69, 9.17) is 14.2 Å². The Morgan fingerprint density at radius 2 is 1.90 bits per heavy atom. The highest BCUT2D eigenvalue weighted by Crippen LogP contribution is 2.59. The molecule has 8 heteroatoms. The van der Waals surface area contributed by atoms with Crippen molar-refractivity contribution < 1.29 is 19.2 Å². The molecule has 7 rings (SSSR count). The van der Waals surface area contributed by atoms with Crippen LogP contribution in [0.4, 0.5) is 5.13 Å². The number of carboxylic acids is 1. The molecule has 0 radical (unpaired) electrons. The third kappa shape index (κ3) is 4.99. The Morgan fingerprint density at radius 3 is 2.62 bits per heavy atom. The predicted octanol–water partition coefficient (Wildman–Crippen LogP) is 7.65. The van der Waals surface area contributed by atoms with E-state index >= 15 is 0 Å². The summed E-state index contributed by atoms with van der Waals surface area (Å²) in [5.74, 6) is 1.27. The number of benzene rings is 1. The van der Waals surface area contributed by atoms with Gasteiger partial charge in [0.1, 0.15) is 5.76 Å². The maximum atomic E-state index is 11.4. The summed E-state index contributed by atoms with van der Waals surface area (Å²) in [6, 6.07) is 6.07. The van der Waals surface area contributed by atoms with Gasteiger partial charge in [-0.1, -0.05) is 23.4 Å². The van der Waals surface area contributed by atoms with Crippen molar-refractivity contribution in [2.45, 2.75) is 114 Å². The highest BCUT2D eigenvalue weighted by Gasteiger charge is 2.46. The summed E-state index contributed by atoms with van der Waals surface area (Å²) >= 11 is 1.61. The lowest BCUT2D eigenvalue weighted by Crippen LogP contribution is -2.36. The number of hydrogen-bond acceptors (Lipinski definition) is 7. The number of thiazole rings is 1. The quantitative estimate of drug-likeness (QED) is 0.260. The minimum atomic E-state index is -0.898. The number of nitrogens with zero attached hydrogens (tertiary/aromatic N) is 3. The van der Waals surface area contributed by atoms with Crippen LogP contribution in [0.1, 0.15) is 123 Å². The number of anilines is 1. The van der Waals surface area contributed by atoms with Crippen molar-refractivity contribution >= 4 is 32.7 Å². The fourth-order valence-corrected chi connectivity index (χ4v) is 8.30. The number of hydrogen-bond donors (Lipinski definition) is 1. The van der Waals surface area contributed by atoms with Gasteiger partial charge in [0.05, 0.1) is 28.1 Å². The van der Waals surface area contributed by atoms with Crippen LogP contribution >= 0.6 is 11.3 Å². The molecule has 3 aliphatic carbocycles. The zero-order valence-corrected chi connectivity index (χ0v) is 23.7. The van der Waals surface area contributed by atoms with E-state index < -0.39 is 5.97 Å². The zero-order valence-electron chi connectivity index (χ0n) is 22.9. The van der Waals surface area contributed by atoms with Crippen LogP contribution in [0.15, 0.2) is 22.7 Å². The smallest absolute Gasteiger partial charge is 0.335 e. The SMILES string of the molecule is CCC1CC[C@@H](CCOCc2c(C3CCC4(CC3)CC4)noc2C2CC2)N1c1nc2ccc(C(=O)O)cc2s1. The Labute approximate surface area is 233 Å². The average molecular weight is 550 g/mol. The van der Waals surface area contributed by atoms with Gasteiger partial charge in [-0.05, 0) is 101 Å². The Bertz CT molecular complexity index is 1350. The van der Waals surface area contributed by atoms with Crippen LogP contribution in [-0.4, -0.2) is 39.9 Å². The van der Waals surface area contributed by atoms with E-state index in [1.54, 1.807) is 23.5 Å². The Morgan fingerprint density at radius 1 is 1.10 bits per heavy atom. The van der Waals surface area contributed by atoms with Crippen LogP contribution in [0.3, 0.4) is 0 Å². The number of aromatic nitrogens is 2. The van der Waals surface area contributed by atoms with E-state index in [-0.39, 0.29) is 0 Å². The van der Waals surface area contributed by atoms with Crippen molar-refractivity contribution in [1.29, 1.82) is 0 Å². The van der Waals surface area contributed by atoms with E-state index in [0.29, 0.717) is 48.1 Å². The summed E-state index contributed by atoms with van der Waals surface area (Å²) in [7, 11) is 0. The molecule has 1 unspecified atom stereocenters. The molecule has 3 saturated carbocycles. The van der Waals surface area contributed by atoms with Crippen LogP contribution in [-0.2, 0) is 11.3 Å². The predicted molar refractivity (Wildman–Crippen MR) is 152 cm³/mol. The minimum absolute atomic E-state index is 0.315. The zero-order chi connectivity index (χ0) is 26.6. The Hall–Kier alpha value is -2.45. The van der Waals surface area contributed by atoms with Crippen LogP contribution < -0.4 is 4.90 Å². The summed E-state index contributed by atoms with van der Waals surface area (Å²) in [5, 5.41) is 15.0. The van der Waals surface area contributed by atoms with E-state index in [9.17, 15) is 9.90 Å². The van der Waals surface area contributed by atoms with Gasteiger partial charge in [0, 0.05) is 36.1 Å². The lowest BCUT2D eigenvalue weighted by Gasteiger charge is -2.29. The van der Waals surface area contributed by atoms with Crippen molar-refractivity contribution in [3.8, 4) is 0 Å². The van der Waals surface area contributed by atoms with Crippen molar-refractivity contribution in [3.63, 3.8) is 0 Å². The highest BCUT2D eigenvalue weighted by atomic mass is 32.1. The third-order valence-corrected chi connectivity index (χ3v) is 11.0. The highest BCUT2D eigenvalue weighted by molar-refractivity contribution is 7.22. The first-order valence-corrected chi connectivity index (χ1v) is 15.8. The number of rotatable bonds is 10. The molecule has 2 aromatic heterocycles. The normalized spacial score (nSPS) is 24.7. The maximum Gasteiger partial charge on any atom is 0.335 e. The lowest BCUT2D eigenvalue weighted by molar-refractivity contribution is 0.0697. The largest absolute Gasteiger partial charge is 0.478 e. The second-order valence-corrected chi connectivity index (χ2v) is 13.5. The molecule has 3 aromatic rings. The molecule has 1 N–H and O–H groups in total. The molecule has 2 atom stereocenters. The molecule has 1 saturated heterocycles. The first-order chi connectivity index (χ1) is 19.0. The van der Waals surface area contributed by atoms with E-state index in [2.05, 4.69) is 17.0 Å². The second kappa shape index (κ2) is 10.2. The standard InChI is InChI=1S/C31H39N3O4S/c1-2-22-6-7-23(34(22)30-32-25-8-5-21(29(35)36)17-26(25)39-30)11-16-37-18-24-27(33-38-28(24)20-3-4-20)19-9-12-31(13-10-19)14-15-31/h5,8,17,19-20,22-23H,2-4,6-7,9-16,18H2,1H3,(H,35,36)/t22?,23-/m0/s1. The van der Waals surface area contributed by atoms with Gasteiger partial charge in [-0.3, -0.25) is 0 Å². The Kier molecular flexibility index (Phi) is 6.66. The van der Waals surface area contributed by atoms with E-state index in [1.807, 2.05) is 6.07 Å². The molecule has 1 aromatic carbocycles. The van der Waals surface area contributed by atoms with Gasteiger partial charge in [-0.2, -0.15) is 0 Å². The summed E-state index contributed by atoms with van der Waals surface area (Å²) in [4.78, 5) is 18.9. The first kappa shape index (κ1) is 25.5. The Balaban J connectivity index is 1.02. The monoisotopic (exact) mass is 549 g/mol. The molecule has 3 heterocycles. The fraction of sp³-hybridized carbons (Fsp3) is 0.645. The van der Waals surface area contributed by atoms with Crippen molar-refractivity contribution in [1.82, 2.24) is 10.1 Å². The summed E-state index contributed by atoms with van der Waals surface area (Å²) in [6.07, 6.45) is 14.8. The molecular formula is C31H39N3O4S. The number of aromatic carboxylic acids is 1. The average Bonchev–Trinajstić information content (AvgIpc) is 3.78. The maximum absolute atomic E-state index is 11.4. The van der Waals surface area contributed by atoms with Gasteiger partial charge in [0.2, 0.25) is 0 Å². The van der Waals surface area contributed by atoms with Crippen LogP contribution in [0.25, 0.3) is 10.2 Å². The van der Waals surface area contributed by atoms with E-state index in [1.165, 1.54) is 62.6 Å². The van der Waals surface area contributed by atoms with Gasteiger partial charge in [0.25, 0.3) is 0 Å². The minimum Gasteiger partial charge on any atom is -0.478 e. The van der Waals surface area contributed by atoms with Crippen LogP contribution in [0.5, 0.6) is 0 Å². The van der Waals surface area contributed by atoms with Crippen LogP contribution in [0.2, 0.25) is 0 Å². The van der Waals surface area contributed by atoms with Crippen LogP contribution in [0, 0.1) is 5.41 Å².